The summed E-state index contributed by atoms with van der Waals surface area (Å²) in [6.45, 7) is 8.98. The molecule has 2 N–H and O–H groups in total. The Morgan fingerprint density at radius 1 is 1.27 bits per heavy atom. The molecule has 6 nitrogen and oxygen atoms in total. The Bertz CT molecular complexity index is 412. The van der Waals surface area contributed by atoms with Crippen molar-refractivity contribution in [2.24, 2.45) is 10.4 Å². The number of sulfone groups is 1. The topological polar surface area (TPSA) is 79.8 Å². The van der Waals surface area contributed by atoms with E-state index in [2.05, 4.69) is 15.6 Å². The fourth-order valence-corrected chi connectivity index (χ4v) is 2.52. The van der Waals surface area contributed by atoms with Gasteiger partial charge in [-0.1, -0.05) is 13.8 Å². The molecule has 134 valence electrons. The fraction of sp³-hybridized carbons (Fsp3) is 0.929. The zero-order valence-electron chi connectivity index (χ0n) is 14.4. The number of guanidine groups is 1. The summed E-state index contributed by atoms with van der Waals surface area (Å²) in [5, 5.41) is 6.43. The van der Waals surface area contributed by atoms with Crippen molar-refractivity contribution in [1.82, 2.24) is 10.6 Å². The molecule has 0 spiro atoms. The van der Waals surface area contributed by atoms with E-state index >= 15 is 0 Å². The first-order valence-electron chi connectivity index (χ1n) is 7.39. The number of ether oxygens (including phenoxy) is 1. The van der Waals surface area contributed by atoms with Crippen molar-refractivity contribution >= 4 is 39.8 Å². The third-order valence-electron chi connectivity index (χ3n) is 2.98. The maximum atomic E-state index is 11.2. The number of methoxy groups -OCH3 is 1. The Labute approximate surface area is 152 Å². The van der Waals surface area contributed by atoms with Gasteiger partial charge in [-0.25, -0.2) is 8.42 Å². The lowest BCUT2D eigenvalue weighted by molar-refractivity contribution is 0.195. The molecule has 0 aliphatic rings. The molecule has 0 aliphatic heterocycles. The second-order valence-electron chi connectivity index (χ2n) is 6.01. The van der Waals surface area contributed by atoms with Crippen molar-refractivity contribution in [2.45, 2.75) is 33.6 Å². The van der Waals surface area contributed by atoms with Crippen molar-refractivity contribution in [1.29, 1.82) is 0 Å². The summed E-state index contributed by atoms with van der Waals surface area (Å²) in [4.78, 5) is 4.54. The molecular formula is C14H32IN3O3S. The molecule has 0 unspecified atom stereocenters. The van der Waals surface area contributed by atoms with E-state index in [1.807, 2.05) is 20.8 Å². The summed E-state index contributed by atoms with van der Waals surface area (Å²) < 4.78 is 27.5. The van der Waals surface area contributed by atoms with Gasteiger partial charge in [-0.2, -0.15) is 0 Å². The van der Waals surface area contributed by atoms with Crippen LogP contribution in [0.4, 0.5) is 0 Å². The second kappa shape index (κ2) is 12.3. The van der Waals surface area contributed by atoms with Crippen LogP contribution in [0, 0.1) is 5.41 Å². The van der Waals surface area contributed by atoms with Crippen molar-refractivity contribution in [2.75, 3.05) is 45.4 Å². The van der Waals surface area contributed by atoms with Crippen molar-refractivity contribution in [3.63, 3.8) is 0 Å². The summed E-state index contributed by atoms with van der Waals surface area (Å²) in [6.07, 6.45) is 2.80. The standard InChI is InChI=1S/C14H31N3O3S.HI/c1-6-15-13(16-9-7-10-20-4)17-12-14(2,3)8-11-21(5,18)19;/h6-12H2,1-5H3,(H2,15,16,17);1H. The Morgan fingerprint density at radius 3 is 2.41 bits per heavy atom. The molecule has 0 fully saturated rings. The largest absolute Gasteiger partial charge is 0.385 e. The summed E-state index contributed by atoms with van der Waals surface area (Å²) in [5.74, 6) is 0.967. The van der Waals surface area contributed by atoms with E-state index in [4.69, 9.17) is 4.74 Å². The molecule has 0 aromatic rings. The normalized spacial score (nSPS) is 12.7. The van der Waals surface area contributed by atoms with Gasteiger partial charge in [0.25, 0.3) is 0 Å². The Morgan fingerprint density at radius 2 is 1.91 bits per heavy atom. The van der Waals surface area contributed by atoms with Crippen LogP contribution >= 0.6 is 24.0 Å². The van der Waals surface area contributed by atoms with E-state index in [0.717, 1.165) is 25.5 Å². The smallest absolute Gasteiger partial charge is 0.191 e. The van der Waals surface area contributed by atoms with Crippen LogP contribution in [0.15, 0.2) is 4.99 Å². The van der Waals surface area contributed by atoms with Crippen molar-refractivity contribution in [3.05, 3.63) is 0 Å². The monoisotopic (exact) mass is 449 g/mol. The Balaban J connectivity index is 0. The maximum absolute atomic E-state index is 11.2. The number of rotatable bonds is 10. The molecule has 0 saturated carbocycles. The van der Waals surface area contributed by atoms with Gasteiger partial charge in [0.15, 0.2) is 5.96 Å². The van der Waals surface area contributed by atoms with Gasteiger partial charge in [-0.05, 0) is 25.2 Å². The predicted molar refractivity (Wildman–Crippen MR) is 104 cm³/mol. The van der Waals surface area contributed by atoms with Crippen LogP contribution in [-0.4, -0.2) is 59.7 Å². The summed E-state index contributed by atoms with van der Waals surface area (Å²) >= 11 is 0. The van der Waals surface area contributed by atoms with E-state index in [1.54, 1.807) is 7.11 Å². The van der Waals surface area contributed by atoms with Gasteiger partial charge in [0.05, 0.1) is 5.75 Å². The molecule has 0 amide bonds. The van der Waals surface area contributed by atoms with Crippen LogP contribution in [0.25, 0.3) is 0 Å². The quantitative estimate of drug-likeness (QED) is 0.230. The number of aliphatic imine (C=N–C) groups is 1. The number of hydrogen-bond donors (Lipinski definition) is 2. The van der Waals surface area contributed by atoms with Gasteiger partial charge < -0.3 is 15.4 Å². The first kappa shape index (κ1) is 24.2. The van der Waals surface area contributed by atoms with Crippen LogP contribution in [0.2, 0.25) is 0 Å². The lowest BCUT2D eigenvalue weighted by Crippen LogP contribution is -2.39. The van der Waals surface area contributed by atoms with Crippen molar-refractivity contribution in [3.8, 4) is 0 Å². The number of nitrogens with zero attached hydrogens (tertiary/aromatic N) is 1. The van der Waals surface area contributed by atoms with Gasteiger partial charge in [0.2, 0.25) is 0 Å². The molecule has 0 saturated heterocycles. The third kappa shape index (κ3) is 14.8. The third-order valence-corrected chi connectivity index (χ3v) is 3.92. The lowest BCUT2D eigenvalue weighted by Gasteiger charge is -2.22. The molecule has 0 heterocycles. The number of halogens is 1. The minimum atomic E-state index is -2.92. The van der Waals surface area contributed by atoms with Crippen molar-refractivity contribution < 1.29 is 13.2 Å². The zero-order valence-corrected chi connectivity index (χ0v) is 17.6. The van der Waals surface area contributed by atoms with Crippen LogP contribution in [-0.2, 0) is 14.6 Å². The minimum Gasteiger partial charge on any atom is -0.385 e. The van der Waals surface area contributed by atoms with Gasteiger partial charge in [0.1, 0.15) is 9.84 Å². The molecule has 0 rings (SSSR count). The average Bonchev–Trinajstić information content (AvgIpc) is 2.38. The van der Waals surface area contributed by atoms with E-state index < -0.39 is 9.84 Å². The molecule has 0 atom stereocenters. The lowest BCUT2D eigenvalue weighted by atomic mass is 9.90. The highest BCUT2D eigenvalue weighted by molar-refractivity contribution is 14.0. The van der Waals surface area contributed by atoms with E-state index in [1.165, 1.54) is 6.26 Å². The molecule has 0 bridgehead atoms. The molecule has 8 heteroatoms. The van der Waals surface area contributed by atoms with Crippen LogP contribution in [0.1, 0.15) is 33.6 Å². The minimum absolute atomic E-state index is 0. The maximum Gasteiger partial charge on any atom is 0.191 e. The van der Waals surface area contributed by atoms with E-state index in [-0.39, 0.29) is 35.1 Å². The summed E-state index contributed by atoms with van der Waals surface area (Å²) in [5.41, 5.74) is -0.141. The van der Waals surface area contributed by atoms with Gasteiger partial charge in [-0.3, -0.25) is 4.99 Å². The van der Waals surface area contributed by atoms with Crippen LogP contribution in [0.5, 0.6) is 0 Å². The molecule has 0 aromatic carbocycles. The summed E-state index contributed by atoms with van der Waals surface area (Å²) in [6, 6.07) is 0. The molecule has 0 radical (unpaired) electrons. The first-order valence-corrected chi connectivity index (χ1v) is 9.45. The highest BCUT2D eigenvalue weighted by Gasteiger charge is 2.20. The molecule has 0 aliphatic carbocycles. The van der Waals surface area contributed by atoms with Gasteiger partial charge in [-0.15, -0.1) is 24.0 Å². The highest BCUT2D eigenvalue weighted by atomic mass is 127. The second-order valence-corrected chi connectivity index (χ2v) is 8.27. The van der Waals surface area contributed by atoms with Crippen LogP contribution < -0.4 is 10.6 Å². The average molecular weight is 449 g/mol. The van der Waals surface area contributed by atoms with Crippen LogP contribution in [0.3, 0.4) is 0 Å². The Kier molecular flexibility index (Phi) is 13.6. The number of nitrogens with one attached hydrogen (secondary N) is 2. The molecular weight excluding hydrogens is 417 g/mol. The first-order chi connectivity index (χ1) is 9.70. The molecule has 0 aromatic heterocycles. The van der Waals surface area contributed by atoms with E-state index in [0.29, 0.717) is 19.6 Å². The SMILES string of the molecule is CCNC(=NCC(C)(C)CCS(C)(=O)=O)NCCCOC.I. The Hall–Kier alpha value is -0.0900. The zero-order chi connectivity index (χ0) is 16.4. The highest BCUT2D eigenvalue weighted by Crippen LogP contribution is 2.21. The number of hydrogen-bond acceptors (Lipinski definition) is 4. The van der Waals surface area contributed by atoms with E-state index in [9.17, 15) is 8.42 Å². The molecule has 22 heavy (non-hydrogen) atoms. The van der Waals surface area contributed by atoms with Gasteiger partial charge in [0, 0.05) is 39.6 Å². The predicted octanol–water partition coefficient (Wildman–Crippen LogP) is 1.66. The van der Waals surface area contributed by atoms with Gasteiger partial charge >= 0.3 is 0 Å². The summed E-state index contributed by atoms with van der Waals surface area (Å²) in [7, 11) is -1.24. The fourth-order valence-electron chi connectivity index (χ4n) is 1.60.